The maximum Gasteiger partial charge on any atom is 0.0115 e. The molecule has 1 nitrogen and oxygen atoms in total. The average Bonchev–Trinajstić information content (AvgIpc) is 2.00. The second kappa shape index (κ2) is 6.24. The summed E-state index contributed by atoms with van der Waals surface area (Å²) in [6.07, 6.45) is 2.24. The van der Waals surface area contributed by atoms with Gasteiger partial charge < -0.3 is 5.32 Å². The Labute approximate surface area is 70.6 Å². The van der Waals surface area contributed by atoms with E-state index in [1.54, 1.807) is 0 Å². The minimum Gasteiger partial charge on any atom is -0.317 e. The van der Waals surface area contributed by atoms with Gasteiger partial charge >= 0.3 is 0 Å². The van der Waals surface area contributed by atoms with E-state index in [0.29, 0.717) is 12.0 Å². The predicted molar refractivity (Wildman–Crippen MR) is 50.4 cm³/mol. The van der Waals surface area contributed by atoms with Crippen molar-refractivity contribution in [2.45, 2.75) is 39.7 Å². The van der Waals surface area contributed by atoms with E-state index in [-0.39, 0.29) is 0 Å². The van der Waals surface area contributed by atoms with Gasteiger partial charge in [0.25, 0.3) is 0 Å². The molecule has 0 rings (SSSR count). The summed E-state index contributed by atoms with van der Waals surface area (Å²) < 4.78 is 0. The third kappa shape index (κ3) is 5.94. The molecule has 1 N–H and O–H groups in total. The molecule has 0 fully saturated rings. The first kappa shape index (κ1) is 10.5. The van der Waals surface area contributed by atoms with Gasteiger partial charge in [0.2, 0.25) is 0 Å². The minimum atomic E-state index is 0.614. The summed E-state index contributed by atoms with van der Waals surface area (Å²) in [4.78, 5) is 0. The van der Waals surface area contributed by atoms with Gasteiger partial charge in [-0.05, 0) is 33.2 Å². The first-order chi connectivity index (χ1) is 5.20. The molecule has 2 atom stereocenters. The largest absolute Gasteiger partial charge is 0.317 e. The van der Waals surface area contributed by atoms with Crippen LogP contribution in [0.2, 0.25) is 0 Å². The summed E-state index contributed by atoms with van der Waals surface area (Å²) in [7, 11) is 2.00. The summed E-state index contributed by atoms with van der Waals surface area (Å²) in [5, 5.41) is 3.22. The van der Waals surface area contributed by atoms with Crippen molar-refractivity contribution in [3.8, 4) is 11.8 Å². The molecule has 0 saturated heterocycles. The molecule has 0 aliphatic rings. The first-order valence-corrected chi connectivity index (χ1v) is 4.27. The van der Waals surface area contributed by atoms with Crippen molar-refractivity contribution in [3.05, 3.63) is 0 Å². The minimum absolute atomic E-state index is 0.614. The molecular weight excluding hydrogens is 134 g/mol. The Morgan fingerprint density at radius 3 is 2.45 bits per heavy atom. The van der Waals surface area contributed by atoms with Crippen molar-refractivity contribution >= 4 is 0 Å². The summed E-state index contributed by atoms with van der Waals surface area (Å²) in [6.45, 7) is 6.35. The molecule has 0 aromatic heterocycles. The molecule has 0 saturated carbocycles. The van der Waals surface area contributed by atoms with Crippen LogP contribution in [0.5, 0.6) is 0 Å². The Bertz CT molecular complexity index is 141. The van der Waals surface area contributed by atoms with E-state index in [1.165, 1.54) is 6.42 Å². The fraction of sp³-hybridized carbons (Fsp3) is 0.800. The fourth-order valence-electron chi connectivity index (χ4n) is 1.08. The third-order valence-electron chi connectivity index (χ3n) is 1.88. The molecule has 0 spiro atoms. The lowest BCUT2D eigenvalue weighted by molar-refractivity contribution is 0.449. The maximum absolute atomic E-state index is 3.22. The van der Waals surface area contributed by atoms with Crippen molar-refractivity contribution in [2.24, 2.45) is 5.92 Å². The van der Waals surface area contributed by atoms with Crippen molar-refractivity contribution in [1.82, 2.24) is 5.32 Å². The van der Waals surface area contributed by atoms with Crippen LogP contribution in [-0.2, 0) is 0 Å². The monoisotopic (exact) mass is 153 g/mol. The summed E-state index contributed by atoms with van der Waals surface area (Å²) in [5.41, 5.74) is 0. The van der Waals surface area contributed by atoms with Crippen LogP contribution in [0.15, 0.2) is 0 Å². The van der Waals surface area contributed by atoms with Crippen LogP contribution in [0, 0.1) is 17.8 Å². The smallest absolute Gasteiger partial charge is 0.0115 e. The first-order valence-electron chi connectivity index (χ1n) is 4.27. The van der Waals surface area contributed by atoms with E-state index in [1.807, 2.05) is 14.0 Å². The van der Waals surface area contributed by atoms with E-state index in [2.05, 4.69) is 31.0 Å². The summed E-state index contributed by atoms with van der Waals surface area (Å²) in [6, 6.07) is 0.614. The Morgan fingerprint density at radius 2 is 2.00 bits per heavy atom. The lowest BCUT2D eigenvalue weighted by Gasteiger charge is -2.13. The lowest BCUT2D eigenvalue weighted by atomic mass is 10.00. The Kier molecular flexibility index (Phi) is 5.97. The quantitative estimate of drug-likeness (QED) is 0.609. The second-order valence-electron chi connectivity index (χ2n) is 3.16. The molecule has 0 radical (unpaired) electrons. The zero-order valence-corrected chi connectivity index (χ0v) is 8.07. The molecule has 0 amide bonds. The van der Waals surface area contributed by atoms with Gasteiger partial charge in [-0.3, -0.25) is 0 Å². The van der Waals surface area contributed by atoms with Crippen molar-refractivity contribution in [2.75, 3.05) is 7.05 Å². The molecule has 0 aromatic carbocycles. The van der Waals surface area contributed by atoms with Crippen molar-refractivity contribution in [3.63, 3.8) is 0 Å². The van der Waals surface area contributed by atoms with Gasteiger partial charge in [-0.15, -0.1) is 11.8 Å². The number of nitrogens with one attached hydrogen (secondary N) is 1. The zero-order chi connectivity index (χ0) is 8.69. The molecule has 11 heavy (non-hydrogen) atoms. The van der Waals surface area contributed by atoms with Gasteiger partial charge in [0.1, 0.15) is 0 Å². The van der Waals surface area contributed by atoms with Gasteiger partial charge in [0, 0.05) is 12.5 Å². The van der Waals surface area contributed by atoms with Crippen LogP contribution >= 0.6 is 0 Å². The van der Waals surface area contributed by atoms with Crippen LogP contribution in [0.4, 0.5) is 0 Å². The highest BCUT2D eigenvalue weighted by Crippen LogP contribution is 2.08. The van der Waals surface area contributed by atoms with E-state index in [9.17, 15) is 0 Å². The Morgan fingerprint density at radius 1 is 1.36 bits per heavy atom. The standard InChI is InChI=1S/C10H19N/c1-5-6-7-9(2)8-10(3)11-4/h9-11H,7-8H2,1-4H3. The number of rotatable bonds is 4. The number of hydrogen-bond donors (Lipinski definition) is 1. The van der Waals surface area contributed by atoms with Gasteiger partial charge in [-0.25, -0.2) is 0 Å². The average molecular weight is 153 g/mol. The molecule has 1 heteroatoms. The fourth-order valence-corrected chi connectivity index (χ4v) is 1.08. The van der Waals surface area contributed by atoms with Crippen LogP contribution < -0.4 is 5.32 Å². The molecule has 0 aliphatic carbocycles. The zero-order valence-electron chi connectivity index (χ0n) is 8.07. The normalized spacial score (nSPS) is 14.9. The molecule has 2 unspecified atom stereocenters. The van der Waals surface area contributed by atoms with Crippen LogP contribution in [0.1, 0.15) is 33.6 Å². The topological polar surface area (TPSA) is 12.0 Å². The van der Waals surface area contributed by atoms with E-state index >= 15 is 0 Å². The van der Waals surface area contributed by atoms with E-state index in [0.717, 1.165) is 6.42 Å². The van der Waals surface area contributed by atoms with Crippen LogP contribution in [-0.4, -0.2) is 13.1 Å². The predicted octanol–water partition coefficient (Wildman–Crippen LogP) is 2.03. The van der Waals surface area contributed by atoms with E-state index < -0.39 is 0 Å². The van der Waals surface area contributed by atoms with Gasteiger partial charge in [-0.2, -0.15) is 0 Å². The van der Waals surface area contributed by atoms with Gasteiger partial charge in [0.15, 0.2) is 0 Å². The van der Waals surface area contributed by atoms with E-state index in [4.69, 9.17) is 0 Å². The Balaban J connectivity index is 3.48. The van der Waals surface area contributed by atoms with Gasteiger partial charge in [0.05, 0.1) is 0 Å². The van der Waals surface area contributed by atoms with Gasteiger partial charge in [-0.1, -0.05) is 6.92 Å². The highest BCUT2D eigenvalue weighted by molar-refractivity contribution is 4.96. The van der Waals surface area contributed by atoms with Crippen molar-refractivity contribution < 1.29 is 0 Å². The van der Waals surface area contributed by atoms with Crippen LogP contribution in [0.25, 0.3) is 0 Å². The second-order valence-corrected chi connectivity index (χ2v) is 3.16. The third-order valence-corrected chi connectivity index (χ3v) is 1.88. The maximum atomic E-state index is 3.22. The lowest BCUT2D eigenvalue weighted by Crippen LogP contribution is -2.23. The molecule has 0 bridgehead atoms. The molecule has 0 heterocycles. The number of hydrogen-bond acceptors (Lipinski definition) is 1. The summed E-state index contributed by atoms with van der Waals surface area (Å²) in [5.74, 6) is 6.73. The Hall–Kier alpha value is -0.480. The SMILES string of the molecule is CC#CCC(C)CC(C)NC. The summed E-state index contributed by atoms with van der Waals surface area (Å²) >= 11 is 0. The molecule has 0 aromatic rings. The molecule has 64 valence electrons. The molecule has 0 aliphatic heterocycles. The highest BCUT2D eigenvalue weighted by Gasteiger charge is 2.04. The molecular formula is C10H19N. The van der Waals surface area contributed by atoms with Crippen molar-refractivity contribution in [1.29, 1.82) is 0 Å². The van der Waals surface area contributed by atoms with Crippen LogP contribution in [0.3, 0.4) is 0 Å². The highest BCUT2D eigenvalue weighted by atomic mass is 14.8.